The van der Waals surface area contributed by atoms with Gasteiger partial charge in [-0.1, -0.05) is 18.2 Å². The van der Waals surface area contributed by atoms with E-state index >= 15 is 0 Å². The molecular formula is C16H19N5O3. The van der Waals surface area contributed by atoms with Gasteiger partial charge in [-0.05, 0) is 17.1 Å². The smallest absolute Gasteiger partial charge is 0.343 e. The lowest BCUT2D eigenvalue weighted by Crippen LogP contribution is -2.49. The maximum atomic E-state index is 12.5. The minimum absolute atomic E-state index is 0.0481. The van der Waals surface area contributed by atoms with E-state index in [0.29, 0.717) is 18.9 Å². The molecule has 2 aromatic rings. The average molecular weight is 329 g/mol. The number of imidazole rings is 1. The molecule has 0 radical (unpaired) electrons. The lowest BCUT2D eigenvalue weighted by Gasteiger charge is -2.35. The molecule has 0 atom stereocenters. The lowest BCUT2D eigenvalue weighted by molar-refractivity contribution is -0.392. The average Bonchev–Trinajstić information content (AvgIpc) is 2.97. The Morgan fingerprint density at radius 1 is 1.21 bits per heavy atom. The Hall–Kier alpha value is -2.90. The Morgan fingerprint density at radius 3 is 2.50 bits per heavy atom. The van der Waals surface area contributed by atoms with E-state index in [0.717, 1.165) is 18.8 Å². The van der Waals surface area contributed by atoms with E-state index in [1.165, 1.54) is 10.8 Å². The summed E-state index contributed by atoms with van der Waals surface area (Å²) in [5.74, 6) is 0.202. The van der Waals surface area contributed by atoms with Crippen molar-refractivity contribution < 1.29 is 9.72 Å². The zero-order valence-electron chi connectivity index (χ0n) is 13.5. The van der Waals surface area contributed by atoms with Crippen LogP contribution in [0.2, 0.25) is 0 Å². The van der Waals surface area contributed by atoms with Gasteiger partial charge in [0.25, 0.3) is 5.91 Å². The Kier molecular flexibility index (Phi) is 4.45. The van der Waals surface area contributed by atoms with Crippen LogP contribution in [-0.2, 0) is 11.3 Å². The topological polar surface area (TPSA) is 84.5 Å². The quantitative estimate of drug-likeness (QED) is 0.626. The number of anilines is 1. The van der Waals surface area contributed by atoms with Gasteiger partial charge >= 0.3 is 5.82 Å². The van der Waals surface area contributed by atoms with Crippen LogP contribution in [0.25, 0.3) is 0 Å². The highest BCUT2D eigenvalue weighted by molar-refractivity contribution is 5.76. The summed E-state index contributed by atoms with van der Waals surface area (Å²) in [4.78, 5) is 30.9. The molecule has 1 aromatic heterocycles. The molecule has 8 nitrogen and oxygen atoms in total. The maximum Gasteiger partial charge on any atom is 0.343 e. The van der Waals surface area contributed by atoms with Crippen LogP contribution >= 0.6 is 0 Å². The van der Waals surface area contributed by atoms with Crippen LogP contribution in [0.5, 0.6) is 0 Å². The van der Waals surface area contributed by atoms with Gasteiger partial charge in [-0.2, -0.15) is 0 Å². The second-order valence-corrected chi connectivity index (χ2v) is 5.71. The van der Waals surface area contributed by atoms with Crippen molar-refractivity contribution in [3.63, 3.8) is 0 Å². The monoisotopic (exact) mass is 329 g/mol. The molecule has 126 valence electrons. The Balaban J connectivity index is 1.62. The second-order valence-electron chi connectivity index (χ2n) is 5.71. The first kappa shape index (κ1) is 16.0. The summed E-state index contributed by atoms with van der Waals surface area (Å²) in [5, 5.41) is 11.0. The van der Waals surface area contributed by atoms with E-state index in [-0.39, 0.29) is 18.3 Å². The number of rotatable bonds is 4. The van der Waals surface area contributed by atoms with Crippen LogP contribution in [0.15, 0.2) is 36.5 Å². The van der Waals surface area contributed by atoms with Gasteiger partial charge in [0.05, 0.1) is 0 Å². The van der Waals surface area contributed by atoms with Gasteiger partial charge < -0.3 is 19.9 Å². The summed E-state index contributed by atoms with van der Waals surface area (Å²) in [5.41, 5.74) is 1.14. The number of carbonyl (C=O) groups excluding carboxylic acids is 1. The molecule has 3 rings (SSSR count). The summed E-state index contributed by atoms with van der Waals surface area (Å²) in [6, 6.07) is 10.1. The van der Waals surface area contributed by atoms with Crippen LogP contribution in [0.1, 0.15) is 5.82 Å². The van der Waals surface area contributed by atoms with Gasteiger partial charge in [0.1, 0.15) is 6.20 Å². The number of hydrogen-bond donors (Lipinski definition) is 0. The molecule has 0 N–H and O–H groups in total. The molecule has 0 unspecified atom stereocenters. The summed E-state index contributed by atoms with van der Waals surface area (Å²) in [7, 11) is 0. The molecule has 0 aliphatic carbocycles. The highest BCUT2D eigenvalue weighted by atomic mass is 16.6. The van der Waals surface area contributed by atoms with Crippen molar-refractivity contribution in [2.75, 3.05) is 31.1 Å². The molecule has 2 heterocycles. The molecule has 1 aliphatic heterocycles. The minimum Gasteiger partial charge on any atom is -0.368 e. The fourth-order valence-corrected chi connectivity index (χ4v) is 2.89. The molecule has 0 saturated carbocycles. The molecule has 0 bridgehead atoms. The van der Waals surface area contributed by atoms with E-state index in [2.05, 4.69) is 22.0 Å². The number of carbonyl (C=O) groups is 1. The number of para-hydroxylation sites is 1. The van der Waals surface area contributed by atoms with E-state index in [1.807, 2.05) is 18.2 Å². The van der Waals surface area contributed by atoms with Crippen molar-refractivity contribution in [3.8, 4) is 0 Å². The van der Waals surface area contributed by atoms with Gasteiger partial charge in [-0.15, -0.1) is 0 Å². The Morgan fingerprint density at radius 2 is 1.88 bits per heavy atom. The van der Waals surface area contributed by atoms with Crippen molar-refractivity contribution in [2.24, 2.45) is 0 Å². The van der Waals surface area contributed by atoms with Gasteiger partial charge in [0, 0.05) is 38.8 Å². The highest BCUT2D eigenvalue weighted by Gasteiger charge is 2.26. The normalized spacial score (nSPS) is 14.7. The van der Waals surface area contributed by atoms with Crippen LogP contribution in [-0.4, -0.2) is 51.5 Å². The summed E-state index contributed by atoms with van der Waals surface area (Å²) in [6.07, 6.45) is 1.19. The SMILES string of the molecule is Cc1ncc([N+](=O)[O-])n1CC(=O)N1CCN(c2ccccc2)CC1. The maximum absolute atomic E-state index is 12.5. The zero-order chi connectivity index (χ0) is 17.1. The Bertz CT molecular complexity index is 735. The highest BCUT2D eigenvalue weighted by Crippen LogP contribution is 2.17. The van der Waals surface area contributed by atoms with Gasteiger partial charge in [0.2, 0.25) is 0 Å². The van der Waals surface area contributed by atoms with Gasteiger partial charge in [0.15, 0.2) is 12.4 Å². The number of aryl methyl sites for hydroxylation is 1. The molecule has 1 amide bonds. The third-order valence-electron chi connectivity index (χ3n) is 4.27. The molecule has 1 saturated heterocycles. The number of nitro groups is 1. The van der Waals surface area contributed by atoms with Crippen molar-refractivity contribution in [2.45, 2.75) is 13.5 Å². The molecule has 8 heteroatoms. The summed E-state index contributed by atoms with van der Waals surface area (Å²) >= 11 is 0. The van der Waals surface area contributed by atoms with Crippen LogP contribution < -0.4 is 4.90 Å². The molecule has 1 aliphatic rings. The third-order valence-corrected chi connectivity index (χ3v) is 4.27. The summed E-state index contributed by atoms with van der Waals surface area (Å²) in [6.45, 7) is 4.33. The molecular weight excluding hydrogens is 310 g/mol. The number of hydrogen-bond acceptors (Lipinski definition) is 5. The first-order chi connectivity index (χ1) is 11.6. The first-order valence-corrected chi connectivity index (χ1v) is 7.80. The fraction of sp³-hybridized carbons (Fsp3) is 0.375. The molecule has 1 fully saturated rings. The van der Waals surface area contributed by atoms with E-state index < -0.39 is 4.92 Å². The van der Waals surface area contributed by atoms with Crippen molar-refractivity contribution in [1.82, 2.24) is 14.5 Å². The largest absolute Gasteiger partial charge is 0.368 e. The molecule has 0 spiro atoms. The number of amides is 1. The van der Waals surface area contributed by atoms with Gasteiger partial charge in [-0.3, -0.25) is 4.79 Å². The standard InChI is InChI=1S/C16H19N5O3/c1-13-17-11-15(21(23)24)20(13)12-16(22)19-9-7-18(8-10-19)14-5-3-2-4-6-14/h2-6,11H,7-10,12H2,1H3. The lowest BCUT2D eigenvalue weighted by atomic mass is 10.2. The minimum atomic E-state index is -0.513. The van der Waals surface area contributed by atoms with Crippen molar-refractivity contribution in [3.05, 3.63) is 52.5 Å². The van der Waals surface area contributed by atoms with Gasteiger partial charge in [-0.25, -0.2) is 9.55 Å². The first-order valence-electron chi connectivity index (χ1n) is 7.80. The van der Waals surface area contributed by atoms with Crippen molar-refractivity contribution >= 4 is 17.4 Å². The predicted molar refractivity (Wildman–Crippen MR) is 88.9 cm³/mol. The number of nitrogens with zero attached hydrogens (tertiary/aromatic N) is 5. The summed E-state index contributed by atoms with van der Waals surface area (Å²) < 4.78 is 1.35. The van der Waals surface area contributed by atoms with Crippen LogP contribution in [0.3, 0.4) is 0 Å². The van der Waals surface area contributed by atoms with E-state index in [9.17, 15) is 14.9 Å². The number of piperazine rings is 1. The molecule has 24 heavy (non-hydrogen) atoms. The van der Waals surface area contributed by atoms with Crippen molar-refractivity contribution in [1.29, 1.82) is 0 Å². The van der Waals surface area contributed by atoms with E-state index in [1.54, 1.807) is 11.8 Å². The van der Waals surface area contributed by atoms with Crippen LogP contribution in [0.4, 0.5) is 11.5 Å². The predicted octanol–water partition coefficient (Wildman–Crippen LogP) is 1.45. The Labute approximate surface area is 139 Å². The number of benzene rings is 1. The van der Waals surface area contributed by atoms with E-state index in [4.69, 9.17) is 0 Å². The number of aromatic nitrogens is 2. The van der Waals surface area contributed by atoms with Crippen LogP contribution in [0, 0.1) is 17.0 Å². The zero-order valence-corrected chi connectivity index (χ0v) is 13.5. The third kappa shape index (κ3) is 3.22. The fourth-order valence-electron chi connectivity index (χ4n) is 2.89. The molecule has 1 aromatic carbocycles. The second kappa shape index (κ2) is 6.69.